The second-order valence-corrected chi connectivity index (χ2v) is 4.85. The van der Waals surface area contributed by atoms with Gasteiger partial charge in [-0.3, -0.25) is 15.1 Å². The van der Waals surface area contributed by atoms with Crippen molar-refractivity contribution in [1.82, 2.24) is 9.88 Å². The van der Waals surface area contributed by atoms with E-state index in [0.29, 0.717) is 31.4 Å². The Morgan fingerprint density at radius 2 is 2.59 bits per heavy atom. The van der Waals surface area contributed by atoms with Gasteiger partial charge in [-0.15, -0.1) is 0 Å². The lowest BCUT2D eigenvalue weighted by atomic mass is 10.2. The van der Waals surface area contributed by atoms with E-state index in [0.717, 1.165) is 4.88 Å². The van der Waals surface area contributed by atoms with E-state index >= 15 is 0 Å². The van der Waals surface area contributed by atoms with Gasteiger partial charge in [0, 0.05) is 24.2 Å². The average molecular weight is 257 g/mol. The molecular formula is C9H15N5O2S. The number of thiazole rings is 1. The van der Waals surface area contributed by atoms with Crippen molar-refractivity contribution < 1.29 is 9.53 Å². The number of aromatic nitrogens is 1. The third kappa shape index (κ3) is 2.91. The maximum Gasteiger partial charge on any atom is 0.237 e. The number of amides is 1. The molecule has 1 saturated heterocycles. The smallest absolute Gasteiger partial charge is 0.237 e. The number of nitrogens with zero attached hydrogens (tertiary/aromatic N) is 2. The van der Waals surface area contributed by atoms with Gasteiger partial charge < -0.3 is 10.5 Å². The Hall–Kier alpha value is -1.22. The highest BCUT2D eigenvalue weighted by atomic mass is 32.1. The van der Waals surface area contributed by atoms with E-state index in [1.54, 1.807) is 6.20 Å². The van der Waals surface area contributed by atoms with E-state index in [1.807, 2.05) is 4.90 Å². The summed E-state index contributed by atoms with van der Waals surface area (Å²) in [5.41, 5.74) is 7.83. The van der Waals surface area contributed by atoms with Crippen LogP contribution >= 0.6 is 11.3 Å². The maximum absolute atomic E-state index is 11.3. The number of hydrazine groups is 1. The number of hydrogen-bond acceptors (Lipinski definition) is 7. The molecule has 1 aliphatic heterocycles. The molecule has 8 heteroatoms. The fraction of sp³-hybridized carbons (Fsp3) is 0.556. The monoisotopic (exact) mass is 257 g/mol. The third-order valence-electron chi connectivity index (χ3n) is 2.60. The summed E-state index contributed by atoms with van der Waals surface area (Å²) in [5.74, 6) is 4.91. The summed E-state index contributed by atoms with van der Waals surface area (Å²) >= 11 is 1.46. The molecule has 0 spiro atoms. The number of carbonyl (C=O) groups is 1. The fourth-order valence-electron chi connectivity index (χ4n) is 1.74. The molecule has 1 fully saturated rings. The minimum absolute atomic E-state index is 0.355. The lowest BCUT2D eigenvalue weighted by Crippen LogP contribution is -2.51. The van der Waals surface area contributed by atoms with Crippen molar-refractivity contribution in [2.75, 3.05) is 25.2 Å². The fourth-order valence-corrected chi connectivity index (χ4v) is 2.49. The zero-order valence-corrected chi connectivity index (χ0v) is 10.1. The van der Waals surface area contributed by atoms with Gasteiger partial charge in [-0.25, -0.2) is 10.8 Å². The first-order valence-electron chi connectivity index (χ1n) is 5.23. The molecule has 1 atom stereocenters. The number of nitrogens with two attached hydrogens (primary N) is 2. The Labute approximate surface area is 103 Å². The number of nitrogen functional groups attached to an aromatic ring is 1. The minimum Gasteiger partial charge on any atom is -0.378 e. The molecule has 0 bridgehead atoms. The normalized spacial score (nSPS) is 21.4. The summed E-state index contributed by atoms with van der Waals surface area (Å²) in [7, 11) is 0. The minimum atomic E-state index is -0.361. The van der Waals surface area contributed by atoms with Gasteiger partial charge in [0.2, 0.25) is 5.91 Å². The second-order valence-electron chi connectivity index (χ2n) is 3.74. The summed E-state index contributed by atoms with van der Waals surface area (Å²) in [6, 6.07) is -0.361. The zero-order valence-electron chi connectivity index (χ0n) is 9.26. The van der Waals surface area contributed by atoms with Gasteiger partial charge in [0.1, 0.15) is 6.04 Å². The summed E-state index contributed by atoms with van der Waals surface area (Å²) in [4.78, 5) is 18.4. The molecule has 1 aromatic rings. The second kappa shape index (κ2) is 5.41. The molecule has 1 amide bonds. The van der Waals surface area contributed by atoms with Crippen molar-refractivity contribution in [2.45, 2.75) is 12.6 Å². The molecule has 17 heavy (non-hydrogen) atoms. The molecule has 5 N–H and O–H groups in total. The van der Waals surface area contributed by atoms with Crippen LogP contribution in [0, 0.1) is 0 Å². The van der Waals surface area contributed by atoms with Crippen molar-refractivity contribution in [3.8, 4) is 0 Å². The molecule has 94 valence electrons. The number of carbonyl (C=O) groups excluding carboxylic acids is 1. The molecule has 7 nitrogen and oxygen atoms in total. The Morgan fingerprint density at radius 3 is 3.24 bits per heavy atom. The number of anilines is 1. The predicted octanol–water partition coefficient (Wildman–Crippen LogP) is -0.885. The van der Waals surface area contributed by atoms with Crippen LogP contribution in [0.5, 0.6) is 0 Å². The lowest BCUT2D eigenvalue weighted by molar-refractivity contribution is -0.129. The van der Waals surface area contributed by atoms with Gasteiger partial charge in [-0.1, -0.05) is 11.3 Å². The number of rotatable bonds is 4. The van der Waals surface area contributed by atoms with Gasteiger partial charge >= 0.3 is 0 Å². The van der Waals surface area contributed by atoms with Crippen LogP contribution in [-0.4, -0.2) is 41.6 Å². The zero-order chi connectivity index (χ0) is 12.3. The van der Waals surface area contributed by atoms with Crippen molar-refractivity contribution in [1.29, 1.82) is 0 Å². The topological polar surface area (TPSA) is 106 Å². The van der Waals surface area contributed by atoms with Gasteiger partial charge in [-0.05, 0) is 0 Å². The lowest BCUT2D eigenvalue weighted by Gasteiger charge is -2.32. The molecule has 2 heterocycles. The van der Waals surface area contributed by atoms with E-state index < -0.39 is 0 Å². The van der Waals surface area contributed by atoms with Crippen molar-refractivity contribution in [3.63, 3.8) is 0 Å². The third-order valence-corrected chi connectivity index (χ3v) is 3.52. The molecule has 0 saturated carbocycles. The largest absolute Gasteiger partial charge is 0.378 e. The SMILES string of the molecule is NNc1ncc(CN2CCOCC2C(N)=O)s1. The van der Waals surface area contributed by atoms with Crippen LogP contribution in [0.4, 0.5) is 5.13 Å². The number of primary amides is 1. The highest BCUT2D eigenvalue weighted by Crippen LogP contribution is 2.20. The van der Waals surface area contributed by atoms with E-state index in [4.69, 9.17) is 16.3 Å². The summed E-state index contributed by atoms with van der Waals surface area (Å²) in [6.07, 6.45) is 1.74. The van der Waals surface area contributed by atoms with E-state index in [-0.39, 0.29) is 11.9 Å². The molecular weight excluding hydrogens is 242 g/mol. The van der Waals surface area contributed by atoms with Crippen LogP contribution in [0.1, 0.15) is 4.88 Å². The highest BCUT2D eigenvalue weighted by molar-refractivity contribution is 7.15. The van der Waals surface area contributed by atoms with Gasteiger partial charge in [0.05, 0.1) is 13.2 Å². The molecule has 1 aromatic heterocycles. The molecule has 0 aromatic carbocycles. The predicted molar refractivity (Wildman–Crippen MR) is 64.1 cm³/mol. The molecule has 1 unspecified atom stereocenters. The Kier molecular flexibility index (Phi) is 3.89. The Balaban J connectivity index is 2.02. The summed E-state index contributed by atoms with van der Waals surface area (Å²) < 4.78 is 5.25. The van der Waals surface area contributed by atoms with Crippen LogP contribution in [0.25, 0.3) is 0 Å². The number of ether oxygens (including phenoxy) is 1. The number of nitrogens with one attached hydrogen (secondary N) is 1. The van der Waals surface area contributed by atoms with Gasteiger partial charge in [0.15, 0.2) is 5.13 Å². The maximum atomic E-state index is 11.3. The van der Waals surface area contributed by atoms with Crippen molar-refractivity contribution in [3.05, 3.63) is 11.1 Å². The van der Waals surface area contributed by atoms with Gasteiger partial charge in [-0.2, -0.15) is 0 Å². The first-order valence-corrected chi connectivity index (χ1v) is 6.05. The Bertz CT molecular complexity index is 396. The van der Waals surface area contributed by atoms with Crippen molar-refractivity contribution >= 4 is 22.4 Å². The summed E-state index contributed by atoms with van der Waals surface area (Å²) in [5, 5.41) is 0.656. The number of morpholine rings is 1. The van der Waals surface area contributed by atoms with Crippen LogP contribution in [-0.2, 0) is 16.1 Å². The van der Waals surface area contributed by atoms with Crippen LogP contribution in [0.2, 0.25) is 0 Å². The van der Waals surface area contributed by atoms with E-state index in [9.17, 15) is 4.79 Å². The number of hydrogen-bond donors (Lipinski definition) is 3. The Morgan fingerprint density at radius 1 is 1.76 bits per heavy atom. The molecule has 1 aliphatic rings. The van der Waals surface area contributed by atoms with Crippen LogP contribution < -0.4 is 17.0 Å². The molecule has 0 aliphatic carbocycles. The van der Waals surface area contributed by atoms with Gasteiger partial charge in [0.25, 0.3) is 0 Å². The van der Waals surface area contributed by atoms with Crippen LogP contribution in [0.3, 0.4) is 0 Å². The highest BCUT2D eigenvalue weighted by Gasteiger charge is 2.27. The first-order chi connectivity index (χ1) is 8.20. The van der Waals surface area contributed by atoms with Crippen molar-refractivity contribution in [2.24, 2.45) is 11.6 Å². The molecule has 2 rings (SSSR count). The molecule has 0 radical (unpaired) electrons. The average Bonchev–Trinajstić information content (AvgIpc) is 2.77. The standard InChI is InChI=1S/C9H15N5O2S/c10-8(15)7-5-16-2-1-14(7)4-6-3-12-9(13-11)17-6/h3,7H,1-2,4-5,11H2,(H2,10,15)(H,12,13). The first kappa shape index (κ1) is 12.2. The van der Waals surface area contributed by atoms with E-state index in [2.05, 4.69) is 10.4 Å². The van der Waals surface area contributed by atoms with E-state index in [1.165, 1.54) is 11.3 Å². The van der Waals surface area contributed by atoms with Crippen LogP contribution in [0.15, 0.2) is 6.20 Å². The quantitative estimate of drug-likeness (QED) is 0.477. The summed E-state index contributed by atoms with van der Waals surface area (Å²) in [6.45, 7) is 2.30.